The third kappa shape index (κ3) is 4.26. The number of aromatic amines is 1. The van der Waals surface area contributed by atoms with Crippen LogP contribution in [0, 0.1) is 5.82 Å². The molecule has 9 heteroatoms. The lowest BCUT2D eigenvalue weighted by molar-refractivity contribution is 0.100. The van der Waals surface area contributed by atoms with Crippen LogP contribution in [0.5, 0.6) is 5.75 Å². The topological polar surface area (TPSA) is 100 Å². The van der Waals surface area contributed by atoms with E-state index >= 15 is 0 Å². The van der Waals surface area contributed by atoms with Crippen LogP contribution in [0.2, 0.25) is 0 Å². The maximum Gasteiger partial charge on any atom is 0.249 e. The number of fused-ring (bicyclic) bond motifs is 1. The average Bonchev–Trinajstić information content (AvgIpc) is 3.31. The fourth-order valence-corrected chi connectivity index (χ4v) is 4.82. The van der Waals surface area contributed by atoms with Crippen molar-refractivity contribution < 1.29 is 13.9 Å². The van der Waals surface area contributed by atoms with E-state index in [1.807, 2.05) is 12.1 Å². The SMILES string of the molecule is COc1cccc(F)c1-c1cc2c(-c3cc(N4CCN(C(C)C)CC4)ccc3C(N)=O)n[nH]c2cn1. The monoisotopic (exact) mass is 488 g/mol. The Kier molecular flexibility index (Phi) is 6.32. The highest BCUT2D eigenvalue weighted by molar-refractivity contribution is 6.05. The Morgan fingerprint density at radius 2 is 1.92 bits per heavy atom. The van der Waals surface area contributed by atoms with Crippen molar-refractivity contribution >= 4 is 22.5 Å². The molecule has 5 rings (SSSR count). The number of carbonyl (C=O) groups is 1. The Bertz CT molecular complexity index is 1430. The molecule has 2 aromatic carbocycles. The van der Waals surface area contributed by atoms with Gasteiger partial charge >= 0.3 is 0 Å². The van der Waals surface area contributed by atoms with Gasteiger partial charge in [0.25, 0.3) is 0 Å². The summed E-state index contributed by atoms with van der Waals surface area (Å²) in [5.74, 6) is -0.596. The standard InChI is InChI=1S/C27H29FN6O2/c1-16(2)33-9-11-34(12-10-33)17-7-8-18(27(29)35)19(13-17)26-20-14-22(30-15-23(20)31-32-26)25-21(28)5-4-6-24(25)36-3/h4-8,13-16H,9-12H2,1-3H3,(H2,29,35)(H,31,32). The van der Waals surface area contributed by atoms with Gasteiger partial charge in [-0.25, -0.2) is 4.39 Å². The fourth-order valence-electron chi connectivity index (χ4n) is 4.82. The minimum atomic E-state index is -0.539. The summed E-state index contributed by atoms with van der Waals surface area (Å²) < 4.78 is 20.1. The van der Waals surface area contributed by atoms with Crippen molar-refractivity contribution in [3.63, 3.8) is 0 Å². The molecule has 3 heterocycles. The number of nitrogens with zero attached hydrogens (tertiary/aromatic N) is 4. The van der Waals surface area contributed by atoms with E-state index in [1.54, 1.807) is 30.5 Å². The molecule has 0 saturated carbocycles. The zero-order valence-electron chi connectivity index (χ0n) is 20.6. The molecule has 1 saturated heterocycles. The molecule has 0 unspecified atom stereocenters. The van der Waals surface area contributed by atoms with Crippen molar-refractivity contribution in [1.82, 2.24) is 20.1 Å². The van der Waals surface area contributed by atoms with E-state index in [0.29, 0.717) is 45.2 Å². The molecule has 36 heavy (non-hydrogen) atoms. The number of pyridine rings is 1. The number of ether oxygens (including phenoxy) is 1. The van der Waals surface area contributed by atoms with Gasteiger partial charge in [0.1, 0.15) is 17.3 Å². The van der Waals surface area contributed by atoms with E-state index < -0.39 is 11.7 Å². The van der Waals surface area contributed by atoms with E-state index in [2.05, 4.69) is 38.8 Å². The first-order valence-electron chi connectivity index (χ1n) is 12.0. The quantitative estimate of drug-likeness (QED) is 0.424. The van der Waals surface area contributed by atoms with Crippen molar-refractivity contribution in [3.8, 4) is 28.3 Å². The van der Waals surface area contributed by atoms with Gasteiger partial charge in [-0.15, -0.1) is 0 Å². The minimum Gasteiger partial charge on any atom is -0.496 e. The molecule has 4 aromatic rings. The highest BCUT2D eigenvalue weighted by Crippen LogP contribution is 2.36. The predicted molar refractivity (Wildman–Crippen MR) is 139 cm³/mol. The Morgan fingerprint density at radius 3 is 2.61 bits per heavy atom. The zero-order valence-corrected chi connectivity index (χ0v) is 20.6. The molecule has 1 fully saturated rings. The van der Waals surface area contributed by atoms with Crippen LogP contribution >= 0.6 is 0 Å². The second-order valence-corrected chi connectivity index (χ2v) is 9.22. The normalized spacial score (nSPS) is 14.5. The van der Waals surface area contributed by atoms with Crippen LogP contribution in [-0.4, -0.2) is 65.3 Å². The summed E-state index contributed by atoms with van der Waals surface area (Å²) in [5.41, 5.74) is 9.63. The van der Waals surface area contributed by atoms with Gasteiger partial charge in [0.2, 0.25) is 5.91 Å². The number of nitrogens with one attached hydrogen (secondary N) is 1. The first-order chi connectivity index (χ1) is 17.4. The summed E-state index contributed by atoms with van der Waals surface area (Å²) in [7, 11) is 1.49. The number of primary amides is 1. The number of aromatic nitrogens is 3. The third-order valence-electron chi connectivity index (χ3n) is 6.83. The second kappa shape index (κ2) is 9.58. The molecule has 0 atom stereocenters. The second-order valence-electron chi connectivity index (χ2n) is 9.22. The Labute approximate surface area is 208 Å². The maximum absolute atomic E-state index is 14.8. The lowest BCUT2D eigenvalue weighted by atomic mass is 9.99. The van der Waals surface area contributed by atoms with Crippen molar-refractivity contribution in [1.29, 1.82) is 0 Å². The smallest absolute Gasteiger partial charge is 0.249 e. The number of piperazine rings is 1. The van der Waals surface area contributed by atoms with Crippen LogP contribution < -0.4 is 15.4 Å². The summed E-state index contributed by atoms with van der Waals surface area (Å²) in [6.45, 7) is 8.12. The van der Waals surface area contributed by atoms with Crippen molar-refractivity contribution in [2.24, 2.45) is 5.73 Å². The van der Waals surface area contributed by atoms with Gasteiger partial charge in [-0.1, -0.05) is 6.07 Å². The van der Waals surface area contributed by atoms with Crippen LogP contribution in [-0.2, 0) is 0 Å². The lowest BCUT2D eigenvalue weighted by Crippen LogP contribution is -2.48. The minimum absolute atomic E-state index is 0.265. The van der Waals surface area contributed by atoms with Crippen LogP contribution in [0.4, 0.5) is 10.1 Å². The fraction of sp³-hybridized carbons (Fsp3) is 0.296. The molecule has 0 spiro atoms. The van der Waals surface area contributed by atoms with E-state index in [-0.39, 0.29) is 5.56 Å². The van der Waals surface area contributed by atoms with Crippen LogP contribution in [0.3, 0.4) is 0 Å². The van der Waals surface area contributed by atoms with E-state index in [9.17, 15) is 9.18 Å². The van der Waals surface area contributed by atoms with Gasteiger partial charge in [-0.3, -0.25) is 19.8 Å². The highest BCUT2D eigenvalue weighted by atomic mass is 19.1. The van der Waals surface area contributed by atoms with Gasteiger partial charge in [0.05, 0.1) is 30.1 Å². The number of amides is 1. The number of rotatable bonds is 6. The summed E-state index contributed by atoms with van der Waals surface area (Å²) in [4.78, 5) is 21.5. The summed E-state index contributed by atoms with van der Waals surface area (Å²) in [5, 5.41) is 8.19. The van der Waals surface area contributed by atoms with Crippen molar-refractivity contribution in [2.75, 3.05) is 38.2 Å². The number of benzene rings is 2. The third-order valence-corrected chi connectivity index (χ3v) is 6.83. The summed E-state index contributed by atoms with van der Waals surface area (Å²) in [6, 6.07) is 12.6. The number of methoxy groups -OCH3 is 1. The molecule has 2 aromatic heterocycles. The first-order valence-corrected chi connectivity index (χ1v) is 12.0. The molecule has 0 radical (unpaired) electrons. The number of anilines is 1. The van der Waals surface area contributed by atoms with Gasteiger partial charge in [-0.05, 0) is 50.2 Å². The highest BCUT2D eigenvalue weighted by Gasteiger charge is 2.23. The van der Waals surface area contributed by atoms with Crippen molar-refractivity contribution in [2.45, 2.75) is 19.9 Å². The zero-order chi connectivity index (χ0) is 25.4. The number of H-pyrrole nitrogens is 1. The van der Waals surface area contributed by atoms with Crippen molar-refractivity contribution in [3.05, 3.63) is 60.0 Å². The Hall–Kier alpha value is -3.98. The predicted octanol–water partition coefficient (Wildman–Crippen LogP) is 4.07. The maximum atomic E-state index is 14.8. The number of hydrogen-bond acceptors (Lipinski definition) is 6. The van der Waals surface area contributed by atoms with Gasteiger partial charge < -0.3 is 15.4 Å². The number of hydrogen-bond donors (Lipinski definition) is 2. The molecular weight excluding hydrogens is 459 g/mol. The molecular formula is C27H29FN6O2. The molecule has 0 aliphatic carbocycles. The number of halogens is 1. The molecule has 1 aliphatic heterocycles. The Morgan fingerprint density at radius 1 is 1.14 bits per heavy atom. The van der Waals surface area contributed by atoms with E-state index in [4.69, 9.17) is 10.5 Å². The molecule has 186 valence electrons. The largest absolute Gasteiger partial charge is 0.496 e. The van der Waals surface area contributed by atoms with Crippen LogP contribution in [0.15, 0.2) is 48.7 Å². The summed E-state index contributed by atoms with van der Waals surface area (Å²) >= 11 is 0. The van der Waals surface area contributed by atoms with E-state index in [0.717, 1.165) is 31.9 Å². The number of nitrogens with two attached hydrogens (primary N) is 1. The van der Waals surface area contributed by atoms with Crippen LogP contribution in [0.25, 0.3) is 33.4 Å². The van der Waals surface area contributed by atoms with Crippen LogP contribution in [0.1, 0.15) is 24.2 Å². The average molecular weight is 489 g/mol. The van der Waals surface area contributed by atoms with Gasteiger partial charge in [0, 0.05) is 54.4 Å². The summed E-state index contributed by atoms with van der Waals surface area (Å²) in [6.07, 6.45) is 1.60. The molecule has 8 nitrogen and oxygen atoms in total. The number of carbonyl (C=O) groups excluding carboxylic acids is 1. The first kappa shape index (κ1) is 23.7. The molecule has 1 amide bonds. The molecule has 3 N–H and O–H groups in total. The van der Waals surface area contributed by atoms with Gasteiger partial charge in [-0.2, -0.15) is 5.10 Å². The molecule has 1 aliphatic rings. The van der Waals surface area contributed by atoms with Gasteiger partial charge in [0.15, 0.2) is 0 Å². The Balaban J connectivity index is 1.60. The molecule has 0 bridgehead atoms. The van der Waals surface area contributed by atoms with E-state index in [1.165, 1.54) is 13.2 Å². The lowest BCUT2D eigenvalue weighted by Gasteiger charge is -2.38.